The first-order valence-electron chi connectivity index (χ1n) is 7.76. The van der Waals surface area contributed by atoms with Crippen molar-refractivity contribution in [3.8, 4) is 16.9 Å². The average Bonchev–Trinajstić information content (AvgIpc) is 3.00. The van der Waals surface area contributed by atoms with Gasteiger partial charge < -0.3 is 0 Å². The number of hydrogen-bond donors (Lipinski definition) is 0. The van der Waals surface area contributed by atoms with Gasteiger partial charge in [-0.25, -0.2) is 0 Å². The molecular weight excluding hydrogens is 359 g/mol. The molecule has 0 aliphatic heterocycles. The van der Waals surface area contributed by atoms with Crippen LogP contribution >= 0.6 is 0 Å². The molecule has 1 atom stereocenters. The third-order valence-corrected chi connectivity index (χ3v) is 5.35. The number of hydrogen-bond acceptors (Lipinski definition) is 3. The Hall–Kier alpha value is -2.45. The quantitative estimate of drug-likeness (QED) is 0.505. The van der Waals surface area contributed by atoms with E-state index < -0.39 is 0 Å². The normalized spacial score (nSPS) is 11.1. The van der Waals surface area contributed by atoms with E-state index >= 15 is 0 Å². The summed E-state index contributed by atoms with van der Waals surface area (Å²) >= 11 is 1.60. The third-order valence-electron chi connectivity index (χ3n) is 4.12. The molecular formula is C19H17AsN4. The molecule has 0 radical (unpaired) electrons. The maximum absolute atomic E-state index is 4.58. The second kappa shape index (κ2) is 5.88. The summed E-state index contributed by atoms with van der Waals surface area (Å²) in [7, 11) is 0. The van der Waals surface area contributed by atoms with Crippen LogP contribution in [0.3, 0.4) is 0 Å². The fraction of sp³-hybridized carbons (Fsp3) is 0.105. The van der Waals surface area contributed by atoms with Crippen LogP contribution in [0.1, 0.15) is 11.4 Å². The van der Waals surface area contributed by atoms with E-state index in [9.17, 15) is 0 Å². The van der Waals surface area contributed by atoms with Crippen molar-refractivity contribution in [2.24, 2.45) is 0 Å². The van der Waals surface area contributed by atoms with Crippen LogP contribution in [0.4, 0.5) is 0 Å². The summed E-state index contributed by atoms with van der Waals surface area (Å²) in [6.45, 7) is 4.03. The van der Waals surface area contributed by atoms with E-state index in [1.165, 1.54) is 4.35 Å². The van der Waals surface area contributed by atoms with Crippen LogP contribution in [0.15, 0.2) is 54.9 Å². The van der Waals surface area contributed by atoms with Crippen LogP contribution in [-0.2, 0) is 0 Å². The van der Waals surface area contributed by atoms with Crippen LogP contribution in [0, 0.1) is 13.8 Å². The SMILES string of the molecule is Cc1cccc(-n2ncc3ccc(-c4cnc(C)c([AsH2])c4)cc32)n1. The van der Waals surface area contributed by atoms with Crippen molar-refractivity contribution in [3.63, 3.8) is 0 Å². The Morgan fingerprint density at radius 3 is 2.62 bits per heavy atom. The van der Waals surface area contributed by atoms with Crippen molar-refractivity contribution < 1.29 is 0 Å². The second-order valence-electron chi connectivity index (χ2n) is 5.87. The molecule has 3 aromatic heterocycles. The van der Waals surface area contributed by atoms with Crippen molar-refractivity contribution in [3.05, 3.63) is 66.2 Å². The molecule has 0 saturated heterocycles. The third kappa shape index (κ3) is 2.63. The zero-order chi connectivity index (χ0) is 16.7. The van der Waals surface area contributed by atoms with Gasteiger partial charge in [-0.15, -0.1) is 0 Å². The van der Waals surface area contributed by atoms with Gasteiger partial charge in [0.05, 0.1) is 0 Å². The molecule has 5 heteroatoms. The first-order valence-corrected chi connectivity index (χ1v) is 8.97. The maximum atomic E-state index is 4.58. The molecule has 0 fully saturated rings. The predicted octanol–water partition coefficient (Wildman–Crippen LogP) is 2.36. The summed E-state index contributed by atoms with van der Waals surface area (Å²) in [4.78, 5) is 9.08. The Balaban J connectivity index is 1.88. The Kier molecular flexibility index (Phi) is 3.70. The van der Waals surface area contributed by atoms with Gasteiger partial charge in [0, 0.05) is 0 Å². The van der Waals surface area contributed by atoms with Crippen LogP contribution in [0.2, 0.25) is 0 Å². The summed E-state index contributed by atoms with van der Waals surface area (Å²) in [6.07, 6.45) is 3.82. The number of aryl methyl sites for hydroxylation is 2. The van der Waals surface area contributed by atoms with E-state index in [4.69, 9.17) is 0 Å². The van der Waals surface area contributed by atoms with Gasteiger partial charge >= 0.3 is 149 Å². The van der Waals surface area contributed by atoms with E-state index in [1.54, 1.807) is 16.9 Å². The minimum absolute atomic E-state index is 0.837. The molecule has 0 amide bonds. The van der Waals surface area contributed by atoms with Crippen molar-refractivity contribution in [1.82, 2.24) is 19.7 Å². The van der Waals surface area contributed by atoms with Gasteiger partial charge in [-0.1, -0.05) is 0 Å². The van der Waals surface area contributed by atoms with Crippen molar-refractivity contribution in [2.45, 2.75) is 13.8 Å². The number of fused-ring (bicyclic) bond motifs is 1. The summed E-state index contributed by atoms with van der Waals surface area (Å²) < 4.78 is 3.15. The summed E-state index contributed by atoms with van der Waals surface area (Å²) in [5.74, 6) is 0.837. The van der Waals surface area contributed by atoms with Gasteiger partial charge in [0.25, 0.3) is 0 Å². The van der Waals surface area contributed by atoms with E-state index in [2.05, 4.69) is 39.3 Å². The summed E-state index contributed by atoms with van der Waals surface area (Å²) in [5.41, 5.74) is 5.39. The fourth-order valence-electron chi connectivity index (χ4n) is 2.74. The molecule has 118 valence electrons. The molecule has 0 aliphatic carbocycles. The van der Waals surface area contributed by atoms with Crippen LogP contribution in [0.25, 0.3) is 27.8 Å². The second-order valence-corrected chi connectivity index (χ2v) is 7.17. The van der Waals surface area contributed by atoms with Gasteiger partial charge in [-0.2, -0.15) is 0 Å². The van der Waals surface area contributed by atoms with E-state index in [0.717, 1.165) is 39.2 Å². The van der Waals surface area contributed by atoms with Crippen LogP contribution in [-0.4, -0.2) is 36.6 Å². The van der Waals surface area contributed by atoms with E-state index in [1.807, 2.05) is 49.1 Å². The Morgan fingerprint density at radius 2 is 1.83 bits per heavy atom. The Labute approximate surface area is 149 Å². The van der Waals surface area contributed by atoms with Gasteiger partial charge in [-0.3, -0.25) is 0 Å². The molecule has 4 aromatic rings. The molecule has 24 heavy (non-hydrogen) atoms. The zero-order valence-corrected chi connectivity index (χ0v) is 16.0. The number of aromatic nitrogens is 4. The molecule has 4 rings (SSSR count). The molecule has 0 saturated carbocycles. The molecule has 0 spiro atoms. The molecule has 0 N–H and O–H groups in total. The topological polar surface area (TPSA) is 43.6 Å². The van der Waals surface area contributed by atoms with Gasteiger partial charge in [-0.05, 0) is 0 Å². The van der Waals surface area contributed by atoms with Gasteiger partial charge in [0.15, 0.2) is 0 Å². The van der Waals surface area contributed by atoms with Crippen LogP contribution < -0.4 is 4.35 Å². The summed E-state index contributed by atoms with van der Waals surface area (Å²) in [6, 6.07) is 14.6. The van der Waals surface area contributed by atoms with Crippen molar-refractivity contribution in [2.75, 3.05) is 0 Å². The monoisotopic (exact) mass is 376 g/mol. The predicted molar refractivity (Wildman–Crippen MR) is 99.7 cm³/mol. The fourth-order valence-corrected chi connectivity index (χ4v) is 3.27. The number of rotatable bonds is 2. The molecule has 0 bridgehead atoms. The Morgan fingerprint density at radius 1 is 0.958 bits per heavy atom. The van der Waals surface area contributed by atoms with E-state index in [-0.39, 0.29) is 0 Å². The number of benzene rings is 1. The van der Waals surface area contributed by atoms with Crippen molar-refractivity contribution >= 4 is 32.1 Å². The van der Waals surface area contributed by atoms with Gasteiger partial charge in [0.1, 0.15) is 0 Å². The van der Waals surface area contributed by atoms with Crippen molar-refractivity contribution in [1.29, 1.82) is 0 Å². The molecule has 4 nitrogen and oxygen atoms in total. The minimum atomic E-state index is 0.837. The number of pyridine rings is 2. The van der Waals surface area contributed by atoms with E-state index in [0.29, 0.717) is 0 Å². The Bertz CT molecular complexity index is 1050. The molecule has 0 aliphatic rings. The first kappa shape index (κ1) is 15.1. The summed E-state index contributed by atoms with van der Waals surface area (Å²) in [5, 5.41) is 5.61. The zero-order valence-electron chi connectivity index (χ0n) is 13.6. The first-order chi connectivity index (χ1) is 11.6. The standard InChI is InChI=1S/C19H17AsN4/c1-12-4-3-5-19(23-12)24-18-9-14(6-7-15(18)11-22-24)16-8-17(20)13(2)21-10-16/h3-11H,20H2,1-2H3. The van der Waals surface area contributed by atoms with Gasteiger partial charge in [0.2, 0.25) is 0 Å². The molecule has 1 aromatic carbocycles. The number of nitrogens with zero attached hydrogens (tertiary/aromatic N) is 4. The molecule has 1 unspecified atom stereocenters. The van der Waals surface area contributed by atoms with Crippen LogP contribution in [0.5, 0.6) is 0 Å². The average molecular weight is 376 g/mol. The molecule has 3 heterocycles.